The molecule has 1 aliphatic rings. The standard InChI is InChI=1S/C18H28ClN5O2/c1-20-17(25)12-24-8-6-15(7-9-24)23-18(21-2)22-11-13-4-5-14(19)10-16(13)26-3/h4-5,10,15H,6-9,11-12H2,1-3H3,(H,20,25)(H2,21,22,23). The summed E-state index contributed by atoms with van der Waals surface area (Å²) in [7, 11) is 5.06. The van der Waals surface area contributed by atoms with Gasteiger partial charge in [-0.2, -0.15) is 0 Å². The molecule has 8 heteroatoms. The second-order valence-electron chi connectivity index (χ2n) is 6.25. The summed E-state index contributed by atoms with van der Waals surface area (Å²) in [5.74, 6) is 1.57. The lowest BCUT2D eigenvalue weighted by Gasteiger charge is -2.32. The average molecular weight is 382 g/mol. The van der Waals surface area contributed by atoms with E-state index < -0.39 is 0 Å². The van der Waals surface area contributed by atoms with Gasteiger partial charge in [0.15, 0.2) is 5.96 Å². The van der Waals surface area contributed by atoms with E-state index in [0.717, 1.165) is 43.2 Å². The number of likely N-dealkylation sites (N-methyl/N-ethyl adjacent to an activating group) is 1. The van der Waals surface area contributed by atoms with E-state index in [-0.39, 0.29) is 5.91 Å². The zero-order valence-corrected chi connectivity index (χ0v) is 16.4. The first-order valence-electron chi connectivity index (χ1n) is 8.78. The molecule has 1 aromatic carbocycles. The zero-order chi connectivity index (χ0) is 18.9. The molecular formula is C18H28ClN5O2. The molecule has 1 amide bonds. The van der Waals surface area contributed by atoms with Gasteiger partial charge in [-0.25, -0.2) is 0 Å². The Morgan fingerprint density at radius 3 is 2.73 bits per heavy atom. The lowest BCUT2D eigenvalue weighted by molar-refractivity contribution is -0.122. The Balaban J connectivity index is 1.81. The molecule has 1 heterocycles. The van der Waals surface area contributed by atoms with E-state index in [2.05, 4.69) is 25.8 Å². The number of nitrogens with one attached hydrogen (secondary N) is 3. The number of ether oxygens (including phenoxy) is 1. The average Bonchev–Trinajstić information content (AvgIpc) is 2.66. The number of piperidine rings is 1. The number of hydrogen-bond acceptors (Lipinski definition) is 4. The minimum absolute atomic E-state index is 0.0609. The van der Waals surface area contributed by atoms with Crippen molar-refractivity contribution < 1.29 is 9.53 Å². The molecule has 0 unspecified atom stereocenters. The molecule has 1 saturated heterocycles. The normalized spacial score (nSPS) is 16.2. The predicted octanol–water partition coefficient (Wildman–Crippen LogP) is 1.22. The molecule has 1 fully saturated rings. The smallest absolute Gasteiger partial charge is 0.233 e. The first-order valence-corrected chi connectivity index (χ1v) is 9.16. The summed E-state index contributed by atoms with van der Waals surface area (Å²) in [5, 5.41) is 10.1. The van der Waals surface area contributed by atoms with Crippen molar-refractivity contribution in [2.45, 2.75) is 25.4 Å². The van der Waals surface area contributed by atoms with Crippen molar-refractivity contribution >= 4 is 23.5 Å². The van der Waals surface area contributed by atoms with Crippen molar-refractivity contribution in [1.82, 2.24) is 20.9 Å². The second kappa shape index (κ2) is 10.2. The van der Waals surface area contributed by atoms with Gasteiger partial charge in [-0.05, 0) is 25.0 Å². The molecule has 0 aromatic heterocycles. The van der Waals surface area contributed by atoms with Crippen molar-refractivity contribution in [3.63, 3.8) is 0 Å². The van der Waals surface area contributed by atoms with Gasteiger partial charge in [0.2, 0.25) is 5.91 Å². The van der Waals surface area contributed by atoms with Crippen LogP contribution in [0, 0.1) is 0 Å². The van der Waals surface area contributed by atoms with Crippen LogP contribution in [-0.2, 0) is 11.3 Å². The Labute approximate surface area is 160 Å². The molecule has 0 saturated carbocycles. The Kier molecular flexibility index (Phi) is 8.00. The summed E-state index contributed by atoms with van der Waals surface area (Å²) in [6.07, 6.45) is 1.95. The highest BCUT2D eigenvalue weighted by Gasteiger charge is 2.21. The quantitative estimate of drug-likeness (QED) is 0.510. The number of nitrogens with zero attached hydrogens (tertiary/aromatic N) is 2. The van der Waals surface area contributed by atoms with Gasteiger partial charge in [-0.15, -0.1) is 0 Å². The van der Waals surface area contributed by atoms with E-state index in [1.807, 2.05) is 12.1 Å². The van der Waals surface area contributed by atoms with Crippen LogP contribution >= 0.6 is 11.6 Å². The van der Waals surface area contributed by atoms with E-state index >= 15 is 0 Å². The SMILES string of the molecule is CN=C(NCc1ccc(Cl)cc1OC)NC1CCN(CC(=O)NC)CC1. The fourth-order valence-electron chi connectivity index (χ4n) is 2.95. The monoisotopic (exact) mass is 381 g/mol. The molecule has 1 aliphatic heterocycles. The maximum Gasteiger partial charge on any atom is 0.233 e. The van der Waals surface area contributed by atoms with Crippen molar-refractivity contribution in [3.05, 3.63) is 28.8 Å². The number of carbonyl (C=O) groups is 1. The van der Waals surface area contributed by atoms with Gasteiger partial charge < -0.3 is 20.7 Å². The molecule has 3 N–H and O–H groups in total. The van der Waals surface area contributed by atoms with Gasteiger partial charge >= 0.3 is 0 Å². The third-order valence-corrected chi connectivity index (χ3v) is 4.73. The number of likely N-dealkylation sites (tertiary alicyclic amines) is 1. The molecule has 26 heavy (non-hydrogen) atoms. The Morgan fingerprint density at radius 2 is 2.12 bits per heavy atom. The lowest BCUT2D eigenvalue weighted by Crippen LogP contribution is -2.49. The highest BCUT2D eigenvalue weighted by atomic mass is 35.5. The summed E-state index contributed by atoms with van der Waals surface area (Å²) < 4.78 is 5.37. The van der Waals surface area contributed by atoms with Crippen LogP contribution in [0.1, 0.15) is 18.4 Å². The van der Waals surface area contributed by atoms with Crippen molar-refractivity contribution in [1.29, 1.82) is 0 Å². The summed E-state index contributed by atoms with van der Waals surface area (Å²) in [5.41, 5.74) is 1.01. The lowest BCUT2D eigenvalue weighted by atomic mass is 10.1. The van der Waals surface area contributed by atoms with Gasteiger partial charge in [0.05, 0.1) is 13.7 Å². The van der Waals surface area contributed by atoms with Crippen molar-refractivity contribution in [3.8, 4) is 5.75 Å². The van der Waals surface area contributed by atoms with Crippen LogP contribution < -0.4 is 20.7 Å². The zero-order valence-electron chi connectivity index (χ0n) is 15.6. The summed E-state index contributed by atoms with van der Waals surface area (Å²) >= 11 is 6.00. The molecule has 144 valence electrons. The van der Waals surface area contributed by atoms with Crippen LogP contribution in [0.3, 0.4) is 0 Å². The van der Waals surface area contributed by atoms with Crippen LogP contribution in [0.2, 0.25) is 5.02 Å². The van der Waals surface area contributed by atoms with E-state index in [1.54, 1.807) is 27.3 Å². The second-order valence-corrected chi connectivity index (χ2v) is 6.69. The Bertz CT molecular complexity index is 630. The number of halogens is 1. The number of carbonyl (C=O) groups excluding carboxylic acids is 1. The fourth-order valence-corrected chi connectivity index (χ4v) is 3.11. The predicted molar refractivity (Wildman–Crippen MR) is 105 cm³/mol. The molecule has 0 aliphatic carbocycles. The maximum absolute atomic E-state index is 11.5. The summed E-state index contributed by atoms with van der Waals surface area (Å²) in [4.78, 5) is 17.9. The first kappa shape index (κ1) is 20.3. The number of rotatable bonds is 6. The topological polar surface area (TPSA) is 78.0 Å². The number of hydrogen-bond donors (Lipinski definition) is 3. The molecule has 2 rings (SSSR count). The molecule has 0 bridgehead atoms. The number of methoxy groups -OCH3 is 1. The van der Waals surface area contributed by atoms with Crippen LogP contribution in [0.5, 0.6) is 5.75 Å². The van der Waals surface area contributed by atoms with E-state index in [0.29, 0.717) is 24.2 Å². The largest absolute Gasteiger partial charge is 0.496 e. The van der Waals surface area contributed by atoms with Gasteiger partial charge in [0.25, 0.3) is 0 Å². The van der Waals surface area contributed by atoms with Crippen LogP contribution in [0.15, 0.2) is 23.2 Å². The summed E-state index contributed by atoms with van der Waals surface area (Å²) in [6.45, 7) is 2.85. The highest BCUT2D eigenvalue weighted by Crippen LogP contribution is 2.22. The third-order valence-electron chi connectivity index (χ3n) is 4.49. The molecule has 0 spiro atoms. The number of guanidine groups is 1. The fraction of sp³-hybridized carbons (Fsp3) is 0.556. The molecular weight excluding hydrogens is 354 g/mol. The summed E-state index contributed by atoms with van der Waals surface area (Å²) in [6, 6.07) is 5.93. The molecule has 0 radical (unpaired) electrons. The van der Waals surface area contributed by atoms with Crippen LogP contribution in [0.25, 0.3) is 0 Å². The maximum atomic E-state index is 11.5. The van der Waals surface area contributed by atoms with Crippen LogP contribution in [-0.4, -0.2) is 63.6 Å². The van der Waals surface area contributed by atoms with Gasteiger partial charge in [0.1, 0.15) is 5.75 Å². The Morgan fingerprint density at radius 1 is 1.38 bits per heavy atom. The van der Waals surface area contributed by atoms with E-state index in [4.69, 9.17) is 16.3 Å². The highest BCUT2D eigenvalue weighted by molar-refractivity contribution is 6.30. The Hall–Kier alpha value is -1.99. The van der Waals surface area contributed by atoms with Crippen molar-refractivity contribution in [2.24, 2.45) is 4.99 Å². The minimum atomic E-state index is 0.0609. The number of amides is 1. The minimum Gasteiger partial charge on any atom is -0.496 e. The van der Waals surface area contributed by atoms with Gasteiger partial charge in [0, 0.05) is 50.4 Å². The van der Waals surface area contributed by atoms with E-state index in [1.165, 1.54) is 0 Å². The number of aliphatic imine (C=N–C) groups is 1. The van der Waals surface area contributed by atoms with Crippen LogP contribution in [0.4, 0.5) is 0 Å². The number of benzene rings is 1. The molecule has 7 nitrogen and oxygen atoms in total. The third kappa shape index (κ3) is 6.07. The molecule has 1 aromatic rings. The molecule has 0 atom stereocenters. The first-order chi connectivity index (χ1) is 12.5. The van der Waals surface area contributed by atoms with E-state index in [9.17, 15) is 4.79 Å². The van der Waals surface area contributed by atoms with Gasteiger partial charge in [-0.1, -0.05) is 17.7 Å². The van der Waals surface area contributed by atoms with Gasteiger partial charge in [-0.3, -0.25) is 14.7 Å². The van der Waals surface area contributed by atoms with Crippen molar-refractivity contribution in [2.75, 3.05) is 40.8 Å².